The molecule has 0 aliphatic heterocycles. The summed E-state index contributed by atoms with van der Waals surface area (Å²) < 4.78 is 0. The number of nitrogens with one attached hydrogen (secondary N) is 1. The fourth-order valence-corrected chi connectivity index (χ4v) is 1.36. The molecule has 14 heavy (non-hydrogen) atoms. The summed E-state index contributed by atoms with van der Waals surface area (Å²) in [5.74, 6) is 0. The molecule has 78 valence electrons. The second kappa shape index (κ2) is 5.75. The molecule has 3 heteroatoms. The maximum atomic E-state index is 8.96. The Morgan fingerprint density at radius 1 is 1.36 bits per heavy atom. The van der Waals surface area contributed by atoms with Crippen molar-refractivity contribution in [3.8, 4) is 0 Å². The average molecular weight is 195 g/mol. The highest BCUT2D eigenvalue weighted by Gasteiger charge is 2.03. The maximum Gasteiger partial charge on any atom is 0.0681 e. The van der Waals surface area contributed by atoms with E-state index in [-0.39, 0.29) is 19.3 Å². The van der Waals surface area contributed by atoms with Crippen molar-refractivity contribution in [3.05, 3.63) is 35.4 Å². The van der Waals surface area contributed by atoms with Crippen LogP contribution in [0.4, 0.5) is 0 Å². The van der Waals surface area contributed by atoms with Gasteiger partial charge in [-0.1, -0.05) is 24.3 Å². The predicted octanol–water partition coefficient (Wildman–Crippen LogP) is 0.822. The molecular weight excluding hydrogens is 178 g/mol. The van der Waals surface area contributed by atoms with E-state index in [2.05, 4.69) is 5.32 Å². The number of hydrogen-bond acceptors (Lipinski definition) is 3. The van der Waals surface area contributed by atoms with Crippen molar-refractivity contribution in [2.75, 3.05) is 13.2 Å². The first kappa shape index (κ1) is 11.2. The van der Waals surface area contributed by atoms with Gasteiger partial charge in [-0.25, -0.2) is 0 Å². The van der Waals surface area contributed by atoms with Crippen molar-refractivity contribution in [2.45, 2.75) is 19.6 Å². The molecule has 0 fully saturated rings. The fraction of sp³-hybridized carbons (Fsp3) is 0.455. The van der Waals surface area contributed by atoms with Crippen LogP contribution in [0.2, 0.25) is 0 Å². The van der Waals surface area contributed by atoms with Crippen molar-refractivity contribution in [1.82, 2.24) is 5.32 Å². The van der Waals surface area contributed by atoms with Crippen LogP contribution >= 0.6 is 0 Å². The van der Waals surface area contributed by atoms with Crippen LogP contribution in [0.1, 0.15) is 24.1 Å². The first-order valence-corrected chi connectivity index (χ1v) is 4.82. The molecule has 0 aliphatic carbocycles. The third-order valence-corrected chi connectivity index (χ3v) is 2.20. The number of benzene rings is 1. The number of aliphatic hydroxyl groups excluding tert-OH is 2. The van der Waals surface area contributed by atoms with E-state index in [1.165, 1.54) is 0 Å². The smallest absolute Gasteiger partial charge is 0.0681 e. The highest BCUT2D eigenvalue weighted by atomic mass is 16.3. The van der Waals surface area contributed by atoms with Crippen molar-refractivity contribution in [2.24, 2.45) is 0 Å². The Balaban J connectivity index is 2.64. The zero-order chi connectivity index (χ0) is 10.4. The van der Waals surface area contributed by atoms with Crippen molar-refractivity contribution in [3.63, 3.8) is 0 Å². The SMILES string of the molecule is CC(NCCO)c1cccc(CO)c1. The summed E-state index contributed by atoms with van der Waals surface area (Å²) in [6.45, 7) is 2.83. The molecule has 1 rings (SSSR count). The Hall–Kier alpha value is -0.900. The number of aliphatic hydroxyl groups is 2. The zero-order valence-corrected chi connectivity index (χ0v) is 8.40. The minimum atomic E-state index is 0.0700. The lowest BCUT2D eigenvalue weighted by Gasteiger charge is -2.13. The van der Waals surface area contributed by atoms with Crippen molar-refractivity contribution < 1.29 is 10.2 Å². The molecule has 3 N–H and O–H groups in total. The van der Waals surface area contributed by atoms with Gasteiger partial charge in [-0.3, -0.25) is 0 Å². The second-order valence-corrected chi connectivity index (χ2v) is 3.30. The van der Waals surface area contributed by atoms with Crippen LogP contribution < -0.4 is 5.32 Å². The minimum Gasteiger partial charge on any atom is -0.395 e. The van der Waals surface area contributed by atoms with Gasteiger partial charge in [0, 0.05) is 12.6 Å². The zero-order valence-electron chi connectivity index (χ0n) is 8.40. The Morgan fingerprint density at radius 3 is 2.79 bits per heavy atom. The molecule has 0 saturated carbocycles. The first-order chi connectivity index (χ1) is 6.77. The third kappa shape index (κ3) is 3.10. The third-order valence-electron chi connectivity index (χ3n) is 2.20. The summed E-state index contributed by atoms with van der Waals surface area (Å²) in [5.41, 5.74) is 2.05. The van der Waals surface area contributed by atoms with E-state index in [0.29, 0.717) is 6.54 Å². The van der Waals surface area contributed by atoms with Gasteiger partial charge >= 0.3 is 0 Å². The van der Waals surface area contributed by atoms with Gasteiger partial charge in [-0.05, 0) is 18.1 Å². The van der Waals surface area contributed by atoms with Gasteiger partial charge in [-0.15, -0.1) is 0 Å². The lowest BCUT2D eigenvalue weighted by molar-refractivity contribution is 0.280. The summed E-state index contributed by atoms with van der Waals surface area (Å²) in [6.07, 6.45) is 0. The first-order valence-electron chi connectivity index (χ1n) is 4.82. The van der Waals surface area contributed by atoms with Crippen molar-refractivity contribution in [1.29, 1.82) is 0 Å². The Kier molecular flexibility index (Phi) is 4.59. The number of rotatable bonds is 5. The highest BCUT2D eigenvalue weighted by Crippen LogP contribution is 2.13. The molecule has 0 aliphatic rings. The molecule has 1 atom stereocenters. The summed E-state index contributed by atoms with van der Waals surface area (Å²) in [5, 5.41) is 20.8. The summed E-state index contributed by atoms with van der Waals surface area (Å²) in [4.78, 5) is 0. The summed E-state index contributed by atoms with van der Waals surface area (Å²) in [6, 6.07) is 8.00. The van der Waals surface area contributed by atoms with E-state index in [1.54, 1.807) is 0 Å². The van der Waals surface area contributed by atoms with Crippen LogP contribution in [0.3, 0.4) is 0 Å². The summed E-state index contributed by atoms with van der Waals surface area (Å²) >= 11 is 0. The molecular formula is C11H17NO2. The molecule has 0 bridgehead atoms. The lowest BCUT2D eigenvalue weighted by atomic mass is 10.1. The van der Waals surface area contributed by atoms with E-state index in [9.17, 15) is 0 Å². The highest BCUT2D eigenvalue weighted by molar-refractivity contribution is 5.25. The molecule has 0 spiro atoms. The van der Waals surface area contributed by atoms with Gasteiger partial charge in [0.05, 0.1) is 13.2 Å². The molecule has 0 heterocycles. The van der Waals surface area contributed by atoms with Gasteiger partial charge in [-0.2, -0.15) is 0 Å². The normalized spacial score (nSPS) is 12.8. The molecule has 0 amide bonds. The van der Waals surface area contributed by atoms with E-state index in [1.807, 2.05) is 31.2 Å². The molecule has 1 aromatic rings. The second-order valence-electron chi connectivity index (χ2n) is 3.30. The molecule has 0 radical (unpaired) electrons. The van der Waals surface area contributed by atoms with E-state index >= 15 is 0 Å². The largest absolute Gasteiger partial charge is 0.395 e. The van der Waals surface area contributed by atoms with Crippen LogP contribution in [0.5, 0.6) is 0 Å². The van der Waals surface area contributed by atoms with Crippen LogP contribution in [0.15, 0.2) is 24.3 Å². The monoisotopic (exact) mass is 195 g/mol. The van der Waals surface area contributed by atoms with Crippen LogP contribution in [-0.4, -0.2) is 23.4 Å². The maximum absolute atomic E-state index is 8.96. The Bertz CT molecular complexity index is 276. The summed E-state index contributed by atoms with van der Waals surface area (Å²) in [7, 11) is 0. The van der Waals surface area contributed by atoms with Gasteiger partial charge in [0.2, 0.25) is 0 Å². The Morgan fingerprint density at radius 2 is 2.14 bits per heavy atom. The lowest BCUT2D eigenvalue weighted by Crippen LogP contribution is -2.22. The minimum absolute atomic E-state index is 0.0700. The molecule has 0 aromatic heterocycles. The molecule has 3 nitrogen and oxygen atoms in total. The topological polar surface area (TPSA) is 52.5 Å². The van der Waals surface area contributed by atoms with E-state index in [0.717, 1.165) is 11.1 Å². The standard InChI is InChI=1S/C11H17NO2/c1-9(12-5-6-13)11-4-2-3-10(7-11)8-14/h2-4,7,9,12-14H,5-6,8H2,1H3. The van der Waals surface area contributed by atoms with Gasteiger partial charge in [0.25, 0.3) is 0 Å². The van der Waals surface area contributed by atoms with Gasteiger partial charge in [0.15, 0.2) is 0 Å². The van der Waals surface area contributed by atoms with E-state index in [4.69, 9.17) is 10.2 Å². The quantitative estimate of drug-likeness (QED) is 0.652. The van der Waals surface area contributed by atoms with Gasteiger partial charge < -0.3 is 15.5 Å². The molecule has 0 saturated heterocycles. The van der Waals surface area contributed by atoms with Crippen LogP contribution in [-0.2, 0) is 6.61 Å². The van der Waals surface area contributed by atoms with Crippen LogP contribution in [0, 0.1) is 0 Å². The molecule has 1 unspecified atom stereocenters. The fourth-order valence-electron chi connectivity index (χ4n) is 1.36. The van der Waals surface area contributed by atoms with Crippen molar-refractivity contribution >= 4 is 0 Å². The average Bonchev–Trinajstić information content (AvgIpc) is 2.26. The van der Waals surface area contributed by atoms with E-state index < -0.39 is 0 Å². The van der Waals surface area contributed by atoms with Crippen LogP contribution in [0.25, 0.3) is 0 Å². The Labute approximate surface area is 84.4 Å². The number of hydrogen-bond donors (Lipinski definition) is 3. The van der Waals surface area contributed by atoms with Gasteiger partial charge in [0.1, 0.15) is 0 Å². The molecule has 1 aromatic carbocycles. The predicted molar refractivity (Wildman–Crippen MR) is 55.9 cm³/mol.